The first-order valence-corrected chi connectivity index (χ1v) is 7.96. The van der Waals surface area contributed by atoms with Gasteiger partial charge in [-0.1, -0.05) is 42.0 Å². The van der Waals surface area contributed by atoms with Gasteiger partial charge >= 0.3 is 0 Å². The van der Waals surface area contributed by atoms with E-state index in [0.29, 0.717) is 6.04 Å². The molecule has 1 aromatic rings. The second-order valence-corrected chi connectivity index (χ2v) is 6.05. The van der Waals surface area contributed by atoms with Crippen molar-refractivity contribution >= 4 is 0 Å². The lowest BCUT2D eigenvalue weighted by Gasteiger charge is -2.40. The van der Waals surface area contributed by atoms with Gasteiger partial charge in [-0.2, -0.15) is 0 Å². The maximum atomic E-state index is 6.01. The summed E-state index contributed by atoms with van der Waals surface area (Å²) >= 11 is 0. The topological polar surface area (TPSA) is 21.7 Å². The Hall–Kier alpha value is -1.16. The second kappa shape index (κ2) is 7.21. The minimum Gasteiger partial charge on any atom is -0.376 e. The Labute approximate surface area is 127 Å². The van der Waals surface area contributed by atoms with Crippen molar-refractivity contribution in [3.63, 3.8) is 0 Å². The Morgan fingerprint density at radius 3 is 2.81 bits per heavy atom. The molecule has 114 valence electrons. The number of hydrogen-bond acceptors (Lipinski definition) is 3. The molecule has 2 unspecified atom stereocenters. The molecule has 0 N–H and O–H groups in total. The van der Waals surface area contributed by atoms with Gasteiger partial charge in [0.1, 0.15) is 0 Å². The van der Waals surface area contributed by atoms with Gasteiger partial charge in [0.25, 0.3) is 0 Å². The van der Waals surface area contributed by atoms with Crippen molar-refractivity contribution in [1.29, 1.82) is 0 Å². The predicted molar refractivity (Wildman–Crippen MR) is 84.4 cm³/mol. The van der Waals surface area contributed by atoms with Crippen LogP contribution in [0.5, 0.6) is 0 Å². The lowest BCUT2D eigenvalue weighted by Crippen LogP contribution is -2.51. The van der Waals surface area contributed by atoms with E-state index >= 15 is 0 Å². The van der Waals surface area contributed by atoms with Crippen LogP contribution in [0.15, 0.2) is 42.0 Å². The third kappa shape index (κ3) is 3.94. The summed E-state index contributed by atoms with van der Waals surface area (Å²) in [5.41, 5.74) is 2.85. The number of hydrogen-bond donors (Lipinski definition) is 0. The van der Waals surface area contributed by atoms with Crippen LogP contribution < -0.4 is 0 Å². The normalized spacial score (nSPS) is 25.4. The van der Waals surface area contributed by atoms with E-state index < -0.39 is 0 Å². The summed E-state index contributed by atoms with van der Waals surface area (Å²) in [5.74, 6) is 0. The average Bonchev–Trinajstić information content (AvgIpc) is 2.54. The van der Waals surface area contributed by atoms with Crippen LogP contribution in [0, 0.1) is 0 Å². The SMILES string of the molecule is CC1=CCCN(C(Cc2ccccc2)C2COCCO2)C1. The molecule has 21 heavy (non-hydrogen) atoms. The third-order valence-corrected chi connectivity index (χ3v) is 4.39. The lowest BCUT2D eigenvalue weighted by molar-refractivity contribution is -0.118. The van der Waals surface area contributed by atoms with Gasteiger partial charge in [-0.3, -0.25) is 4.90 Å². The van der Waals surface area contributed by atoms with Gasteiger partial charge in [-0.15, -0.1) is 0 Å². The summed E-state index contributed by atoms with van der Waals surface area (Å²) < 4.78 is 11.7. The molecule has 3 heteroatoms. The molecule has 3 nitrogen and oxygen atoms in total. The van der Waals surface area contributed by atoms with Crippen LogP contribution in [0.25, 0.3) is 0 Å². The third-order valence-electron chi connectivity index (χ3n) is 4.39. The first kappa shape index (κ1) is 14.8. The molecule has 0 amide bonds. The zero-order chi connectivity index (χ0) is 14.5. The van der Waals surface area contributed by atoms with E-state index in [0.717, 1.165) is 45.8 Å². The van der Waals surface area contributed by atoms with Crippen molar-refractivity contribution < 1.29 is 9.47 Å². The molecule has 2 heterocycles. The van der Waals surface area contributed by atoms with Crippen molar-refractivity contribution in [2.75, 3.05) is 32.9 Å². The van der Waals surface area contributed by atoms with E-state index in [1.165, 1.54) is 11.1 Å². The van der Waals surface area contributed by atoms with Gasteiger partial charge in [-0.25, -0.2) is 0 Å². The highest BCUT2D eigenvalue weighted by Gasteiger charge is 2.31. The van der Waals surface area contributed by atoms with Crippen LogP contribution in [0.3, 0.4) is 0 Å². The van der Waals surface area contributed by atoms with E-state index in [-0.39, 0.29) is 6.10 Å². The first-order chi connectivity index (χ1) is 10.3. The zero-order valence-electron chi connectivity index (χ0n) is 12.8. The van der Waals surface area contributed by atoms with E-state index in [4.69, 9.17) is 9.47 Å². The molecule has 2 aliphatic heterocycles. The maximum absolute atomic E-state index is 6.01. The first-order valence-electron chi connectivity index (χ1n) is 7.96. The average molecular weight is 287 g/mol. The van der Waals surface area contributed by atoms with Crippen LogP contribution in [-0.4, -0.2) is 50.0 Å². The van der Waals surface area contributed by atoms with Gasteiger partial charge in [-0.05, 0) is 25.3 Å². The number of benzene rings is 1. The molecule has 2 atom stereocenters. The van der Waals surface area contributed by atoms with Gasteiger partial charge in [0, 0.05) is 19.1 Å². The number of ether oxygens (including phenoxy) is 2. The van der Waals surface area contributed by atoms with Gasteiger partial charge in [0.2, 0.25) is 0 Å². The van der Waals surface area contributed by atoms with Crippen molar-refractivity contribution in [1.82, 2.24) is 4.90 Å². The lowest BCUT2D eigenvalue weighted by atomic mass is 9.97. The molecular weight excluding hydrogens is 262 g/mol. The van der Waals surface area contributed by atoms with E-state index in [1.807, 2.05) is 0 Å². The van der Waals surface area contributed by atoms with Crippen LogP contribution in [0.4, 0.5) is 0 Å². The second-order valence-electron chi connectivity index (χ2n) is 6.05. The Morgan fingerprint density at radius 2 is 2.10 bits per heavy atom. The summed E-state index contributed by atoms with van der Waals surface area (Å²) in [7, 11) is 0. The smallest absolute Gasteiger partial charge is 0.0967 e. The summed E-state index contributed by atoms with van der Waals surface area (Å²) in [6.45, 7) is 6.57. The van der Waals surface area contributed by atoms with Crippen LogP contribution in [-0.2, 0) is 15.9 Å². The molecule has 0 spiro atoms. The minimum atomic E-state index is 0.185. The van der Waals surface area contributed by atoms with E-state index in [1.54, 1.807) is 0 Å². The van der Waals surface area contributed by atoms with Gasteiger partial charge < -0.3 is 9.47 Å². The molecule has 1 fully saturated rings. The van der Waals surface area contributed by atoms with Crippen molar-refractivity contribution in [3.8, 4) is 0 Å². The van der Waals surface area contributed by atoms with E-state index in [9.17, 15) is 0 Å². The van der Waals surface area contributed by atoms with Crippen LogP contribution in [0.2, 0.25) is 0 Å². The summed E-state index contributed by atoms with van der Waals surface area (Å²) in [6.07, 6.45) is 4.71. The van der Waals surface area contributed by atoms with Crippen LogP contribution >= 0.6 is 0 Å². The van der Waals surface area contributed by atoms with Gasteiger partial charge in [0.15, 0.2) is 0 Å². The molecule has 1 saturated heterocycles. The Kier molecular flexibility index (Phi) is 5.07. The molecule has 0 radical (unpaired) electrons. The molecule has 0 aliphatic carbocycles. The Balaban J connectivity index is 1.75. The molecule has 2 aliphatic rings. The molecule has 0 bridgehead atoms. The summed E-state index contributed by atoms with van der Waals surface area (Å²) in [4.78, 5) is 2.57. The van der Waals surface area contributed by atoms with Crippen molar-refractivity contribution in [2.24, 2.45) is 0 Å². The molecule has 3 rings (SSSR count). The summed E-state index contributed by atoms with van der Waals surface area (Å²) in [5, 5.41) is 0. The monoisotopic (exact) mass is 287 g/mol. The molecular formula is C18H25NO2. The molecule has 0 saturated carbocycles. The standard InChI is InChI=1S/C18H25NO2/c1-15-6-5-9-19(13-15)17(18-14-20-10-11-21-18)12-16-7-3-2-4-8-16/h2-4,6-8,17-18H,5,9-14H2,1H3. The van der Waals surface area contributed by atoms with E-state index in [2.05, 4.69) is 48.2 Å². The minimum absolute atomic E-state index is 0.185. The largest absolute Gasteiger partial charge is 0.376 e. The molecule has 0 aromatic heterocycles. The van der Waals surface area contributed by atoms with Crippen molar-refractivity contribution in [2.45, 2.75) is 31.9 Å². The predicted octanol–water partition coefficient (Wildman–Crippen LogP) is 2.67. The fraction of sp³-hybridized carbons (Fsp3) is 0.556. The fourth-order valence-corrected chi connectivity index (χ4v) is 3.30. The maximum Gasteiger partial charge on any atom is 0.0967 e. The zero-order valence-corrected chi connectivity index (χ0v) is 12.8. The Morgan fingerprint density at radius 1 is 1.24 bits per heavy atom. The number of rotatable bonds is 4. The highest BCUT2D eigenvalue weighted by atomic mass is 16.6. The quantitative estimate of drug-likeness (QED) is 0.795. The molecule has 1 aromatic carbocycles. The van der Waals surface area contributed by atoms with Gasteiger partial charge in [0.05, 0.1) is 25.9 Å². The van der Waals surface area contributed by atoms with Crippen LogP contribution in [0.1, 0.15) is 18.9 Å². The fourth-order valence-electron chi connectivity index (χ4n) is 3.30. The summed E-state index contributed by atoms with van der Waals surface area (Å²) in [6, 6.07) is 11.1. The Bertz CT molecular complexity index is 465. The van der Waals surface area contributed by atoms with Crippen molar-refractivity contribution in [3.05, 3.63) is 47.5 Å². The highest BCUT2D eigenvalue weighted by molar-refractivity contribution is 5.17. The highest BCUT2D eigenvalue weighted by Crippen LogP contribution is 2.21. The number of nitrogens with zero attached hydrogens (tertiary/aromatic N) is 1.